The number of nitrogens with one attached hydrogen (secondary N) is 1. The highest BCUT2D eigenvalue weighted by atomic mass is 35.5. The molecule has 2 rings (SSSR count). The van der Waals surface area contributed by atoms with E-state index in [1.165, 1.54) is 32.2 Å². The summed E-state index contributed by atoms with van der Waals surface area (Å²) in [6.07, 6.45) is 1.42. The number of esters is 1. The summed E-state index contributed by atoms with van der Waals surface area (Å²) in [4.78, 5) is 24.1. The van der Waals surface area contributed by atoms with Crippen molar-refractivity contribution < 1.29 is 23.8 Å². The maximum Gasteiger partial charge on any atom is 0.343 e. The predicted molar refractivity (Wildman–Crippen MR) is 113 cm³/mol. The van der Waals surface area contributed by atoms with Crippen LogP contribution >= 0.6 is 35.0 Å². The van der Waals surface area contributed by atoms with E-state index in [1.54, 1.807) is 24.3 Å². The van der Waals surface area contributed by atoms with Crippen LogP contribution in [0, 0.1) is 0 Å². The Morgan fingerprint density at radius 3 is 2.55 bits per heavy atom. The highest BCUT2D eigenvalue weighted by Gasteiger charge is 2.13. The maximum atomic E-state index is 11.9. The lowest BCUT2D eigenvalue weighted by Gasteiger charge is -2.12. The zero-order valence-corrected chi connectivity index (χ0v) is 17.9. The second kappa shape index (κ2) is 11.5. The summed E-state index contributed by atoms with van der Waals surface area (Å²) in [5.74, 6) is -0.0959. The maximum absolute atomic E-state index is 11.9. The number of benzene rings is 2. The van der Waals surface area contributed by atoms with Gasteiger partial charge in [-0.1, -0.05) is 23.2 Å². The second-order valence-electron chi connectivity index (χ2n) is 5.43. The van der Waals surface area contributed by atoms with Gasteiger partial charge in [0.05, 0.1) is 31.2 Å². The van der Waals surface area contributed by atoms with Gasteiger partial charge in [-0.15, -0.1) is 11.8 Å². The Balaban J connectivity index is 1.93. The molecule has 0 bridgehead atoms. The van der Waals surface area contributed by atoms with Crippen LogP contribution in [0.5, 0.6) is 11.5 Å². The van der Waals surface area contributed by atoms with E-state index in [1.807, 2.05) is 12.1 Å². The number of methoxy groups -OCH3 is 2. The smallest absolute Gasteiger partial charge is 0.343 e. The Hall–Kier alpha value is -2.42. The van der Waals surface area contributed by atoms with E-state index in [-0.39, 0.29) is 29.0 Å². The third kappa shape index (κ3) is 7.49. The molecular weight excluding hydrogens is 439 g/mol. The SMILES string of the molecule is COC(=O)COc1c(Cl)cc(/C=N\NC(=O)CSc2ccc(Cl)cc2)cc1OC. The summed E-state index contributed by atoms with van der Waals surface area (Å²) in [5.41, 5.74) is 3.01. The van der Waals surface area contributed by atoms with Crippen molar-refractivity contribution in [3.05, 3.63) is 52.0 Å². The summed E-state index contributed by atoms with van der Waals surface area (Å²) in [5, 5.41) is 4.77. The number of nitrogens with zero attached hydrogens (tertiary/aromatic N) is 1. The lowest BCUT2D eigenvalue weighted by molar-refractivity contribution is -0.142. The van der Waals surface area contributed by atoms with E-state index >= 15 is 0 Å². The first-order chi connectivity index (χ1) is 13.9. The standard InChI is InChI=1S/C19H18Cl2N2O5S/c1-26-16-8-12(7-15(21)19(16)28-10-18(25)27-2)9-22-23-17(24)11-29-14-5-3-13(20)4-6-14/h3-9H,10-11H2,1-2H3,(H,23,24)/b22-9-. The molecule has 1 N–H and O–H groups in total. The van der Waals surface area contributed by atoms with Gasteiger partial charge >= 0.3 is 5.97 Å². The van der Waals surface area contributed by atoms with Crippen LogP contribution in [-0.2, 0) is 14.3 Å². The van der Waals surface area contributed by atoms with Gasteiger partial charge < -0.3 is 14.2 Å². The van der Waals surface area contributed by atoms with Crippen molar-refractivity contribution in [1.29, 1.82) is 0 Å². The largest absolute Gasteiger partial charge is 0.493 e. The Morgan fingerprint density at radius 2 is 1.90 bits per heavy atom. The van der Waals surface area contributed by atoms with E-state index in [0.717, 1.165) is 4.90 Å². The number of amides is 1. The van der Waals surface area contributed by atoms with Gasteiger partial charge in [-0.05, 0) is 42.0 Å². The highest BCUT2D eigenvalue weighted by molar-refractivity contribution is 8.00. The number of rotatable bonds is 9. The summed E-state index contributed by atoms with van der Waals surface area (Å²) >= 11 is 13.4. The first-order valence-corrected chi connectivity index (χ1v) is 9.94. The minimum Gasteiger partial charge on any atom is -0.493 e. The first kappa shape index (κ1) is 22.9. The molecule has 10 heteroatoms. The zero-order chi connectivity index (χ0) is 21.2. The fourth-order valence-electron chi connectivity index (χ4n) is 2.04. The molecule has 2 aromatic carbocycles. The predicted octanol–water partition coefficient (Wildman–Crippen LogP) is 3.80. The fraction of sp³-hybridized carbons (Fsp3) is 0.211. The number of carbonyl (C=O) groups excluding carboxylic acids is 2. The lowest BCUT2D eigenvalue weighted by Crippen LogP contribution is -2.19. The third-order valence-corrected chi connectivity index (χ3v) is 4.94. The highest BCUT2D eigenvalue weighted by Crippen LogP contribution is 2.36. The van der Waals surface area contributed by atoms with Crippen LogP contribution < -0.4 is 14.9 Å². The second-order valence-corrected chi connectivity index (χ2v) is 7.33. The Morgan fingerprint density at radius 1 is 1.17 bits per heavy atom. The minimum absolute atomic E-state index is 0.198. The molecule has 0 aromatic heterocycles. The van der Waals surface area contributed by atoms with Crippen LogP contribution in [0.1, 0.15) is 5.56 Å². The summed E-state index contributed by atoms with van der Waals surface area (Å²) in [6.45, 7) is -0.304. The van der Waals surface area contributed by atoms with Crippen LogP contribution in [0.25, 0.3) is 0 Å². The molecule has 0 aliphatic rings. The molecule has 0 atom stereocenters. The Labute approximate surface area is 182 Å². The van der Waals surface area contributed by atoms with E-state index < -0.39 is 5.97 Å². The average molecular weight is 457 g/mol. The van der Waals surface area contributed by atoms with E-state index in [0.29, 0.717) is 16.3 Å². The number of thioether (sulfide) groups is 1. The molecule has 0 saturated heterocycles. The quantitative estimate of drug-likeness (QED) is 0.267. The van der Waals surface area contributed by atoms with Gasteiger partial charge in [0.15, 0.2) is 18.1 Å². The van der Waals surface area contributed by atoms with Gasteiger partial charge in [-0.25, -0.2) is 10.2 Å². The molecule has 0 radical (unpaired) electrons. The normalized spacial score (nSPS) is 10.6. The summed E-state index contributed by atoms with van der Waals surface area (Å²) in [6, 6.07) is 10.4. The monoisotopic (exact) mass is 456 g/mol. The van der Waals surface area contributed by atoms with Gasteiger partial charge in [0.2, 0.25) is 5.91 Å². The first-order valence-electron chi connectivity index (χ1n) is 8.20. The van der Waals surface area contributed by atoms with Crippen LogP contribution in [0.4, 0.5) is 0 Å². The van der Waals surface area contributed by atoms with E-state index in [2.05, 4.69) is 15.3 Å². The molecule has 0 aliphatic heterocycles. The fourth-order valence-corrected chi connectivity index (χ4v) is 3.13. The molecule has 0 heterocycles. The van der Waals surface area contributed by atoms with Crippen LogP contribution in [0.15, 0.2) is 46.4 Å². The van der Waals surface area contributed by atoms with Gasteiger partial charge in [-0.2, -0.15) is 5.10 Å². The molecule has 0 saturated carbocycles. The van der Waals surface area contributed by atoms with Crippen LogP contribution in [0.2, 0.25) is 10.0 Å². The Bertz CT molecular complexity index is 891. The number of hydrogen-bond acceptors (Lipinski definition) is 7. The molecule has 1 amide bonds. The molecule has 7 nitrogen and oxygen atoms in total. The zero-order valence-electron chi connectivity index (χ0n) is 15.6. The summed E-state index contributed by atoms with van der Waals surface area (Å²) < 4.78 is 15.1. The van der Waals surface area contributed by atoms with Crippen molar-refractivity contribution in [2.24, 2.45) is 5.10 Å². The molecule has 154 valence electrons. The molecule has 0 spiro atoms. The molecule has 0 aliphatic carbocycles. The number of carbonyl (C=O) groups is 2. The molecular formula is C19H18Cl2N2O5S. The van der Waals surface area contributed by atoms with Gasteiger partial charge in [0, 0.05) is 9.92 Å². The number of hydrazone groups is 1. The van der Waals surface area contributed by atoms with Gasteiger partial charge in [0.1, 0.15) is 0 Å². The number of ether oxygens (including phenoxy) is 3. The van der Waals surface area contributed by atoms with Crippen molar-refractivity contribution in [3.63, 3.8) is 0 Å². The van der Waals surface area contributed by atoms with Crippen molar-refractivity contribution >= 4 is 53.1 Å². The van der Waals surface area contributed by atoms with Crippen molar-refractivity contribution in [2.45, 2.75) is 4.90 Å². The van der Waals surface area contributed by atoms with E-state index in [9.17, 15) is 9.59 Å². The lowest BCUT2D eigenvalue weighted by atomic mass is 10.2. The van der Waals surface area contributed by atoms with E-state index in [4.69, 9.17) is 32.7 Å². The molecule has 29 heavy (non-hydrogen) atoms. The molecule has 0 unspecified atom stereocenters. The molecule has 0 fully saturated rings. The average Bonchev–Trinajstić information content (AvgIpc) is 2.71. The van der Waals surface area contributed by atoms with Crippen LogP contribution in [0.3, 0.4) is 0 Å². The number of halogens is 2. The minimum atomic E-state index is -0.548. The number of hydrogen-bond donors (Lipinski definition) is 1. The third-order valence-electron chi connectivity index (χ3n) is 3.40. The van der Waals surface area contributed by atoms with Crippen molar-refractivity contribution in [3.8, 4) is 11.5 Å². The van der Waals surface area contributed by atoms with Crippen molar-refractivity contribution in [1.82, 2.24) is 5.43 Å². The topological polar surface area (TPSA) is 86.2 Å². The van der Waals surface area contributed by atoms with Gasteiger partial charge in [-0.3, -0.25) is 4.79 Å². The van der Waals surface area contributed by atoms with Crippen LogP contribution in [-0.4, -0.2) is 44.7 Å². The molecule has 2 aromatic rings. The Kier molecular flexibility index (Phi) is 9.11. The van der Waals surface area contributed by atoms with Gasteiger partial charge in [0.25, 0.3) is 0 Å². The summed E-state index contributed by atoms with van der Waals surface area (Å²) in [7, 11) is 2.69. The van der Waals surface area contributed by atoms with Crippen molar-refractivity contribution in [2.75, 3.05) is 26.6 Å².